The van der Waals surface area contributed by atoms with E-state index in [-0.39, 0.29) is 0 Å². The molecule has 0 aromatic heterocycles. The highest BCUT2D eigenvalue weighted by molar-refractivity contribution is 5.78. The van der Waals surface area contributed by atoms with Gasteiger partial charge in [-0.15, -0.1) is 0 Å². The van der Waals surface area contributed by atoms with Crippen LogP contribution in [0.1, 0.15) is 46.5 Å². The molecule has 2 rings (SSSR count). The van der Waals surface area contributed by atoms with Gasteiger partial charge in [0.25, 0.3) is 0 Å². The predicted octanol–water partition coefficient (Wildman–Crippen LogP) is 1.95. The fraction of sp³-hybridized carbons (Fsp3) is 0.933. The molecule has 2 N–H and O–H groups in total. The summed E-state index contributed by atoms with van der Waals surface area (Å²) in [6.45, 7) is 7.36. The van der Waals surface area contributed by atoms with Crippen molar-refractivity contribution in [2.24, 2.45) is 11.8 Å². The highest BCUT2D eigenvalue weighted by Gasteiger charge is 2.41. The summed E-state index contributed by atoms with van der Waals surface area (Å²) < 4.78 is 0. The molecule has 0 heterocycles. The molecule has 0 aromatic carbocycles. The van der Waals surface area contributed by atoms with E-state index in [0.717, 1.165) is 31.2 Å². The Bertz CT molecular complexity index is 343. The van der Waals surface area contributed by atoms with Gasteiger partial charge in [0.05, 0.1) is 0 Å². The van der Waals surface area contributed by atoms with Crippen LogP contribution >= 0.6 is 0 Å². The van der Waals surface area contributed by atoms with E-state index in [4.69, 9.17) is 0 Å². The summed E-state index contributed by atoms with van der Waals surface area (Å²) in [4.78, 5) is 13.9. The number of rotatable bonds is 8. The first-order valence-electron chi connectivity index (χ1n) is 7.53. The van der Waals surface area contributed by atoms with Crippen molar-refractivity contribution in [2.45, 2.75) is 64.1 Å². The number of carboxylic acid groups (broad SMARTS) is 1. The Morgan fingerprint density at radius 2 is 2.11 bits per heavy atom. The number of carboxylic acids is 1. The lowest BCUT2D eigenvalue weighted by Gasteiger charge is -2.33. The van der Waals surface area contributed by atoms with Crippen molar-refractivity contribution in [3.05, 3.63) is 0 Å². The molecule has 19 heavy (non-hydrogen) atoms. The minimum Gasteiger partial charge on any atom is -0.480 e. The number of nitrogens with zero attached hydrogens (tertiary/aromatic N) is 1. The molecule has 0 aliphatic heterocycles. The van der Waals surface area contributed by atoms with Crippen molar-refractivity contribution in [2.75, 3.05) is 13.6 Å². The topological polar surface area (TPSA) is 52.6 Å². The summed E-state index contributed by atoms with van der Waals surface area (Å²) >= 11 is 0. The van der Waals surface area contributed by atoms with Crippen molar-refractivity contribution < 1.29 is 9.90 Å². The molecule has 2 saturated carbocycles. The third-order valence-corrected chi connectivity index (χ3v) is 4.83. The van der Waals surface area contributed by atoms with Crippen LogP contribution in [0.4, 0.5) is 0 Å². The zero-order valence-electron chi connectivity index (χ0n) is 12.6. The molecule has 4 nitrogen and oxygen atoms in total. The number of hydrogen-bond donors (Lipinski definition) is 2. The predicted molar refractivity (Wildman–Crippen MR) is 76.2 cm³/mol. The maximum atomic E-state index is 11.5. The second kappa shape index (κ2) is 5.41. The van der Waals surface area contributed by atoms with Crippen LogP contribution in [-0.2, 0) is 4.79 Å². The van der Waals surface area contributed by atoms with Crippen LogP contribution in [0.5, 0.6) is 0 Å². The highest BCUT2D eigenvalue weighted by Crippen LogP contribution is 2.38. The third kappa shape index (κ3) is 3.93. The first kappa shape index (κ1) is 14.8. The minimum absolute atomic E-state index is 0.292. The molecule has 0 saturated heterocycles. The summed E-state index contributed by atoms with van der Waals surface area (Å²) in [5, 5.41) is 12.8. The van der Waals surface area contributed by atoms with E-state index < -0.39 is 11.5 Å². The summed E-state index contributed by atoms with van der Waals surface area (Å²) in [6, 6.07) is 0.710. The lowest BCUT2D eigenvalue weighted by molar-refractivity contribution is -0.145. The number of aliphatic carboxylic acids is 1. The Morgan fingerprint density at radius 3 is 2.53 bits per heavy atom. The lowest BCUT2D eigenvalue weighted by Crippen LogP contribution is -2.54. The molecule has 2 aliphatic carbocycles. The summed E-state index contributed by atoms with van der Waals surface area (Å²) in [6.07, 6.45) is 4.23. The van der Waals surface area contributed by atoms with Crippen LogP contribution < -0.4 is 5.32 Å². The summed E-state index contributed by atoms with van der Waals surface area (Å²) in [7, 11) is 2.12. The Hall–Kier alpha value is -0.610. The molecule has 110 valence electrons. The quantitative estimate of drug-likeness (QED) is 0.706. The molecule has 4 heteroatoms. The van der Waals surface area contributed by atoms with Gasteiger partial charge in [0.1, 0.15) is 5.54 Å². The fourth-order valence-corrected chi connectivity index (χ4v) is 2.84. The van der Waals surface area contributed by atoms with Gasteiger partial charge in [-0.3, -0.25) is 10.1 Å². The number of carbonyl (C=O) groups is 1. The van der Waals surface area contributed by atoms with Gasteiger partial charge in [0.2, 0.25) is 0 Å². The van der Waals surface area contributed by atoms with Crippen molar-refractivity contribution >= 4 is 5.97 Å². The van der Waals surface area contributed by atoms with Crippen LogP contribution in [0, 0.1) is 11.8 Å². The molecule has 0 radical (unpaired) electrons. The smallest absolute Gasteiger partial charge is 0.323 e. The molecular formula is C15H28N2O2. The third-order valence-electron chi connectivity index (χ3n) is 4.83. The van der Waals surface area contributed by atoms with E-state index in [0.29, 0.717) is 18.5 Å². The molecule has 2 aliphatic rings. The summed E-state index contributed by atoms with van der Waals surface area (Å²) in [5.41, 5.74) is -0.788. The van der Waals surface area contributed by atoms with Crippen LogP contribution in [0.25, 0.3) is 0 Å². The van der Waals surface area contributed by atoms with E-state index in [1.807, 2.05) is 6.92 Å². The van der Waals surface area contributed by atoms with E-state index in [1.165, 1.54) is 6.42 Å². The van der Waals surface area contributed by atoms with Crippen LogP contribution in [-0.4, -0.2) is 47.2 Å². The SMILES string of the molecule is CC1CC1CN(C)C(C)CC(C)(NC1CC1)C(=O)O. The van der Waals surface area contributed by atoms with Gasteiger partial charge in [0.15, 0.2) is 0 Å². The first-order chi connectivity index (χ1) is 8.82. The Kier molecular flexibility index (Phi) is 4.21. The van der Waals surface area contributed by atoms with Gasteiger partial charge in [-0.25, -0.2) is 0 Å². The highest BCUT2D eigenvalue weighted by atomic mass is 16.4. The average molecular weight is 268 g/mol. The fourth-order valence-electron chi connectivity index (χ4n) is 2.84. The maximum absolute atomic E-state index is 11.5. The van der Waals surface area contributed by atoms with Gasteiger partial charge >= 0.3 is 5.97 Å². The zero-order chi connectivity index (χ0) is 14.2. The normalized spacial score (nSPS) is 31.0. The Labute approximate surface area is 116 Å². The van der Waals surface area contributed by atoms with Gasteiger partial charge < -0.3 is 10.0 Å². The molecule has 0 aromatic rings. The van der Waals surface area contributed by atoms with Crippen LogP contribution in [0.15, 0.2) is 0 Å². The van der Waals surface area contributed by atoms with Gasteiger partial charge in [-0.2, -0.15) is 0 Å². The molecule has 4 unspecified atom stereocenters. The standard InChI is InChI=1S/C15H28N2O2/c1-10-7-12(10)9-17(4)11(2)8-15(3,14(18)19)16-13-5-6-13/h10-13,16H,5-9H2,1-4H3,(H,18,19). The molecule has 0 spiro atoms. The van der Waals surface area contributed by atoms with Crippen molar-refractivity contribution in [1.29, 1.82) is 0 Å². The molecule has 2 fully saturated rings. The average Bonchev–Trinajstić information content (AvgIpc) is 3.20. The Morgan fingerprint density at radius 1 is 1.53 bits per heavy atom. The van der Waals surface area contributed by atoms with E-state index in [1.54, 1.807) is 0 Å². The zero-order valence-corrected chi connectivity index (χ0v) is 12.6. The molecule has 0 amide bonds. The van der Waals surface area contributed by atoms with Crippen molar-refractivity contribution in [1.82, 2.24) is 10.2 Å². The second-order valence-electron chi connectivity index (χ2n) is 7.02. The van der Waals surface area contributed by atoms with E-state index in [2.05, 4.69) is 31.1 Å². The largest absolute Gasteiger partial charge is 0.480 e. The van der Waals surface area contributed by atoms with E-state index >= 15 is 0 Å². The minimum atomic E-state index is -0.788. The molecule has 4 atom stereocenters. The number of hydrogen-bond acceptors (Lipinski definition) is 3. The second-order valence-corrected chi connectivity index (χ2v) is 7.02. The summed E-state index contributed by atoms with van der Waals surface area (Å²) in [5.74, 6) is 0.949. The van der Waals surface area contributed by atoms with Gasteiger partial charge in [0, 0.05) is 18.6 Å². The van der Waals surface area contributed by atoms with Crippen LogP contribution in [0.3, 0.4) is 0 Å². The van der Waals surface area contributed by atoms with E-state index in [9.17, 15) is 9.90 Å². The molecule has 0 bridgehead atoms. The lowest BCUT2D eigenvalue weighted by atomic mass is 9.92. The van der Waals surface area contributed by atoms with Gasteiger partial charge in [-0.1, -0.05) is 6.92 Å². The monoisotopic (exact) mass is 268 g/mol. The van der Waals surface area contributed by atoms with Crippen molar-refractivity contribution in [3.8, 4) is 0 Å². The van der Waals surface area contributed by atoms with Crippen LogP contribution in [0.2, 0.25) is 0 Å². The maximum Gasteiger partial charge on any atom is 0.323 e. The van der Waals surface area contributed by atoms with Gasteiger partial charge in [-0.05, 0) is 58.4 Å². The first-order valence-corrected chi connectivity index (χ1v) is 7.53. The number of nitrogens with one attached hydrogen (secondary N) is 1. The molecular weight excluding hydrogens is 240 g/mol. The Balaban J connectivity index is 1.86. The van der Waals surface area contributed by atoms with Crippen molar-refractivity contribution in [3.63, 3.8) is 0 Å².